The molecular weight excluding hydrogens is 267 g/mol. The second-order valence-electron chi connectivity index (χ2n) is 4.11. The second-order valence-corrected chi connectivity index (χ2v) is 4.55. The van der Waals surface area contributed by atoms with E-state index in [4.69, 9.17) is 16.3 Å². The van der Waals surface area contributed by atoms with Crippen LogP contribution in [0.25, 0.3) is 0 Å². The summed E-state index contributed by atoms with van der Waals surface area (Å²) in [5.74, 6) is 0.176. The van der Waals surface area contributed by atoms with Gasteiger partial charge in [-0.25, -0.2) is 4.39 Å². The monoisotopic (exact) mass is 280 g/mol. The first-order chi connectivity index (χ1) is 9.11. The van der Waals surface area contributed by atoms with Crippen LogP contribution in [-0.4, -0.2) is 12.0 Å². The van der Waals surface area contributed by atoms with Gasteiger partial charge >= 0.3 is 0 Å². The van der Waals surface area contributed by atoms with Crippen molar-refractivity contribution in [2.24, 2.45) is 0 Å². The molecule has 5 heteroatoms. The number of para-hydroxylation sites is 1. The zero-order chi connectivity index (χ0) is 13.8. The van der Waals surface area contributed by atoms with Crippen LogP contribution in [0.1, 0.15) is 18.5 Å². The number of hydrogen-bond acceptors (Lipinski definition) is 3. The minimum atomic E-state index is -0.417. The molecule has 3 nitrogen and oxygen atoms in total. The van der Waals surface area contributed by atoms with Gasteiger partial charge in [-0.3, -0.25) is 4.98 Å². The molecule has 0 spiro atoms. The third-order valence-corrected chi connectivity index (χ3v) is 3.00. The number of ether oxygens (including phenoxy) is 1. The van der Waals surface area contributed by atoms with Gasteiger partial charge in [0, 0.05) is 23.9 Å². The molecule has 0 aliphatic carbocycles. The number of nitrogens with zero attached hydrogens (tertiary/aromatic N) is 1. The Morgan fingerprint density at radius 1 is 1.37 bits per heavy atom. The number of pyridine rings is 1. The Hall–Kier alpha value is -1.65. The van der Waals surface area contributed by atoms with Gasteiger partial charge in [0.1, 0.15) is 5.75 Å². The van der Waals surface area contributed by atoms with Crippen LogP contribution in [0, 0.1) is 5.82 Å². The maximum absolute atomic E-state index is 13.9. The lowest BCUT2D eigenvalue weighted by molar-refractivity contribution is 0.427. The highest BCUT2D eigenvalue weighted by Crippen LogP contribution is 2.32. The molecular formula is C14H14ClFN2O. The number of hydrogen-bond donors (Lipinski definition) is 1. The maximum atomic E-state index is 13.9. The zero-order valence-corrected chi connectivity index (χ0v) is 11.4. The third kappa shape index (κ3) is 3.22. The molecule has 0 bridgehead atoms. The van der Waals surface area contributed by atoms with Crippen LogP contribution in [-0.2, 0) is 0 Å². The van der Waals surface area contributed by atoms with E-state index in [2.05, 4.69) is 10.3 Å². The van der Waals surface area contributed by atoms with Crippen LogP contribution in [0.15, 0.2) is 36.7 Å². The summed E-state index contributed by atoms with van der Waals surface area (Å²) in [7, 11) is 1.81. The predicted octanol–water partition coefficient (Wildman–Crippen LogP) is 3.95. The number of benzene rings is 1. The van der Waals surface area contributed by atoms with E-state index in [0.717, 1.165) is 5.56 Å². The molecule has 1 heterocycles. The fraction of sp³-hybridized carbons (Fsp3) is 0.214. The first-order valence-corrected chi connectivity index (χ1v) is 6.23. The number of nitrogens with one attached hydrogen (secondary N) is 1. The molecule has 0 saturated carbocycles. The van der Waals surface area contributed by atoms with Crippen molar-refractivity contribution < 1.29 is 9.13 Å². The predicted molar refractivity (Wildman–Crippen MR) is 73.2 cm³/mol. The Balaban J connectivity index is 2.38. The van der Waals surface area contributed by atoms with E-state index in [0.29, 0.717) is 10.8 Å². The molecule has 0 fully saturated rings. The molecule has 1 atom stereocenters. The lowest BCUT2D eigenvalue weighted by atomic mass is 10.1. The van der Waals surface area contributed by atoms with Gasteiger partial charge in [-0.1, -0.05) is 23.7 Å². The summed E-state index contributed by atoms with van der Waals surface area (Å²) in [6, 6.07) is 6.39. The summed E-state index contributed by atoms with van der Waals surface area (Å²) in [4.78, 5) is 3.91. The Labute approximate surface area is 116 Å². The Kier molecular flexibility index (Phi) is 4.35. The van der Waals surface area contributed by atoms with Gasteiger partial charge in [0.25, 0.3) is 0 Å². The largest absolute Gasteiger partial charge is 0.452 e. The fourth-order valence-electron chi connectivity index (χ4n) is 1.70. The molecule has 1 unspecified atom stereocenters. The van der Waals surface area contributed by atoms with Crippen molar-refractivity contribution in [3.05, 3.63) is 53.1 Å². The van der Waals surface area contributed by atoms with E-state index in [1.54, 1.807) is 19.2 Å². The second kappa shape index (κ2) is 5.99. The summed E-state index contributed by atoms with van der Waals surface area (Å²) in [5.41, 5.74) is 0.738. The number of aromatic nitrogens is 1. The molecule has 100 valence electrons. The van der Waals surface area contributed by atoms with Gasteiger partial charge in [0.05, 0.1) is 11.2 Å². The van der Waals surface area contributed by atoms with Crippen molar-refractivity contribution in [2.45, 2.75) is 13.0 Å². The van der Waals surface area contributed by atoms with Crippen molar-refractivity contribution in [3.8, 4) is 11.5 Å². The number of rotatable bonds is 4. The van der Waals surface area contributed by atoms with Crippen LogP contribution in [0.5, 0.6) is 11.5 Å². The summed E-state index contributed by atoms with van der Waals surface area (Å²) in [6.45, 7) is 1.93. The van der Waals surface area contributed by atoms with Crippen molar-refractivity contribution >= 4 is 11.6 Å². The molecule has 0 amide bonds. The van der Waals surface area contributed by atoms with E-state index in [1.807, 2.05) is 13.0 Å². The molecule has 1 aromatic heterocycles. The molecule has 0 aliphatic rings. The van der Waals surface area contributed by atoms with Gasteiger partial charge < -0.3 is 10.1 Å². The van der Waals surface area contributed by atoms with E-state index < -0.39 is 5.82 Å². The first-order valence-electron chi connectivity index (χ1n) is 5.86. The highest BCUT2D eigenvalue weighted by molar-refractivity contribution is 6.30. The third-order valence-electron chi connectivity index (χ3n) is 2.80. The van der Waals surface area contributed by atoms with Gasteiger partial charge in [-0.15, -0.1) is 0 Å². The van der Waals surface area contributed by atoms with E-state index in [-0.39, 0.29) is 11.8 Å². The molecule has 0 radical (unpaired) electrons. The average Bonchev–Trinajstić information content (AvgIpc) is 2.40. The van der Waals surface area contributed by atoms with E-state index in [9.17, 15) is 4.39 Å². The van der Waals surface area contributed by atoms with Crippen molar-refractivity contribution in [1.29, 1.82) is 0 Å². The van der Waals surface area contributed by atoms with Gasteiger partial charge in [-0.05, 0) is 20.0 Å². The van der Waals surface area contributed by atoms with Crippen molar-refractivity contribution in [3.63, 3.8) is 0 Å². The topological polar surface area (TPSA) is 34.1 Å². The average molecular weight is 281 g/mol. The van der Waals surface area contributed by atoms with Crippen LogP contribution in [0.2, 0.25) is 5.02 Å². The zero-order valence-electron chi connectivity index (χ0n) is 10.7. The molecule has 1 N–H and O–H groups in total. The normalized spacial score (nSPS) is 12.2. The lowest BCUT2D eigenvalue weighted by Gasteiger charge is -2.16. The van der Waals surface area contributed by atoms with E-state index >= 15 is 0 Å². The Bertz CT molecular complexity index is 577. The van der Waals surface area contributed by atoms with Crippen LogP contribution in [0.3, 0.4) is 0 Å². The SMILES string of the molecule is CNC(C)c1cccc(F)c1Oc1cncc(Cl)c1. The summed E-state index contributed by atoms with van der Waals surface area (Å²) >= 11 is 5.83. The Morgan fingerprint density at radius 2 is 2.16 bits per heavy atom. The summed E-state index contributed by atoms with van der Waals surface area (Å²) in [6.07, 6.45) is 2.99. The van der Waals surface area contributed by atoms with Crippen LogP contribution in [0.4, 0.5) is 4.39 Å². The first kappa shape index (κ1) is 13.8. The lowest BCUT2D eigenvalue weighted by Crippen LogP contribution is -2.13. The molecule has 19 heavy (non-hydrogen) atoms. The quantitative estimate of drug-likeness (QED) is 0.921. The standard InChI is InChI=1S/C14H14ClFN2O/c1-9(17-2)12-4-3-5-13(16)14(12)19-11-6-10(15)7-18-8-11/h3-9,17H,1-2H3. The minimum absolute atomic E-state index is 0.0298. The summed E-state index contributed by atoms with van der Waals surface area (Å²) in [5, 5.41) is 3.50. The molecule has 0 saturated heterocycles. The van der Waals surface area contributed by atoms with Crippen LogP contribution < -0.4 is 10.1 Å². The van der Waals surface area contributed by atoms with E-state index in [1.165, 1.54) is 18.5 Å². The summed E-state index contributed by atoms with van der Waals surface area (Å²) < 4.78 is 19.5. The molecule has 2 rings (SSSR count). The Morgan fingerprint density at radius 3 is 2.84 bits per heavy atom. The van der Waals surface area contributed by atoms with Gasteiger partial charge in [-0.2, -0.15) is 0 Å². The molecule has 0 aliphatic heterocycles. The number of halogens is 2. The van der Waals surface area contributed by atoms with Crippen molar-refractivity contribution in [2.75, 3.05) is 7.05 Å². The minimum Gasteiger partial charge on any atom is -0.452 e. The molecule has 2 aromatic rings. The fourth-order valence-corrected chi connectivity index (χ4v) is 1.86. The highest BCUT2D eigenvalue weighted by Gasteiger charge is 2.15. The maximum Gasteiger partial charge on any atom is 0.167 e. The smallest absolute Gasteiger partial charge is 0.167 e. The van der Waals surface area contributed by atoms with Gasteiger partial charge in [0.15, 0.2) is 11.6 Å². The highest BCUT2D eigenvalue weighted by atomic mass is 35.5. The molecule has 1 aromatic carbocycles. The van der Waals surface area contributed by atoms with Crippen LogP contribution >= 0.6 is 11.6 Å². The van der Waals surface area contributed by atoms with Crippen molar-refractivity contribution in [1.82, 2.24) is 10.3 Å². The van der Waals surface area contributed by atoms with Gasteiger partial charge in [0.2, 0.25) is 0 Å².